The van der Waals surface area contributed by atoms with E-state index in [2.05, 4.69) is 10.2 Å². The van der Waals surface area contributed by atoms with Crippen molar-refractivity contribution in [3.8, 4) is 0 Å². The Bertz CT molecular complexity index is 367. The van der Waals surface area contributed by atoms with Gasteiger partial charge >= 0.3 is 12.1 Å². The quantitative estimate of drug-likeness (QED) is 0.745. The zero-order valence-corrected chi connectivity index (χ0v) is 9.06. The van der Waals surface area contributed by atoms with E-state index in [-0.39, 0.29) is 0 Å². The lowest BCUT2D eigenvalue weighted by molar-refractivity contribution is 0.0955. The smallest absolute Gasteiger partial charge is 0.307 e. The summed E-state index contributed by atoms with van der Waals surface area (Å²) in [6.07, 6.45) is 0. The minimum Gasteiger partial charge on any atom is -0.307 e. The number of hydroxylamine groups is 1. The summed E-state index contributed by atoms with van der Waals surface area (Å²) in [5.74, 6) is 0. The summed E-state index contributed by atoms with van der Waals surface area (Å²) in [4.78, 5) is 28.0. The molecule has 0 bridgehead atoms. The van der Waals surface area contributed by atoms with E-state index in [1.165, 1.54) is 14.2 Å². The molecular formula is C10H13N3O3. The first-order chi connectivity index (χ1) is 7.65. The zero-order valence-electron chi connectivity index (χ0n) is 9.06. The van der Waals surface area contributed by atoms with E-state index >= 15 is 0 Å². The van der Waals surface area contributed by atoms with Crippen molar-refractivity contribution < 1.29 is 14.4 Å². The molecule has 16 heavy (non-hydrogen) atoms. The normalized spacial score (nSPS) is 9.38. The van der Waals surface area contributed by atoms with Crippen LogP contribution in [0.25, 0.3) is 0 Å². The topological polar surface area (TPSA) is 70.7 Å². The number of anilines is 1. The van der Waals surface area contributed by atoms with Gasteiger partial charge in [0.15, 0.2) is 0 Å². The molecule has 0 aliphatic heterocycles. The van der Waals surface area contributed by atoms with Gasteiger partial charge in [0.2, 0.25) is 0 Å². The van der Waals surface area contributed by atoms with Crippen LogP contribution in [0.2, 0.25) is 0 Å². The lowest BCUT2D eigenvalue weighted by Crippen LogP contribution is -2.42. The van der Waals surface area contributed by atoms with Crippen molar-refractivity contribution in [2.24, 2.45) is 0 Å². The van der Waals surface area contributed by atoms with Crippen LogP contribution in [0.4, 0.5) is 15.3 Å². The molecule has 1 aromatic carbocycles. The van der Waals surface area contributed by atoms with Crippen LogP contribution in [-0.2, 0) is 4.84 Å². The average molecular weight is 223 g/mol. The first-order valence-corrected chi connectivity index (χ1v) is 4.58. The average Bonchev–Trinajstić information content (AvgIpc) is 2.29. The predicted molar refractivity (Wildman–Crippen MR) is 58.8 cm³/mol. The van der Waals surface area contributed by atoms with Gasteiger partial charge in [-0.2, -0.15) is 0 Å². The van der Waals surface area contributed by atoms with Gasteiger partial charge in [-0.25, -0.2) is 20.0 Å². The van der Waals surface area contributed by atoms with Gasteiger partial charge in [-0.1, -0.05) is 18.2 Å². The highest BCUT2D eigenvalue weighted by atomic mass is 16.6. The lowest BCUT2D eigenvalue weighted by Gasteiger charge is -2.15. The summed E-state index contributed by atoms with van der Waals surface area (Å²) in [6.45, 7) is 0. The van der Waals surface area contributed by atoms with Crippen molar-refractivity contribution in [1.29, 1.82) is 0 Å². The molecule has 0 atom stereocenters. The number of carbonyl (C=O) groups is 2. The first-order valence-electron chi connectivity index (χ1n) is 4.58. The van der Waals surface area contributed by atoms with Gasteiger partial charge in [0.25, 0.3) is 0 Å². The summed E-state index contributed by atoms with van der Waals surface area (Å²) in [5.41, 5.74) is 2.65. The zero-order chi connectivity index (χ0) is 12.0. The maximum atomic E-state index is 11.5. The largest absolute Gasteiger partial charge is 0.349 e. The molecule has 0 fully saturated rings. The summed E-state index contributed by atoms with van der Waals surface area (Å²) >= 11 is 0. The Morgan fingerprint density at radius 2 is 1.81 bits per heavy atom. The number of hydrogen-bond acceptors (Lipinski definition) is 3. The molecule has 4 amide bonds. The molecule has 0 saturated carbocycles. The second-order valence-corrected chi connectivity index (χ2v) is 2.97. The molecule has 0 aliphatic rings. The van der Waals surface area contributed by atoms with Crippen molar-refractivity contribution in [3.63, 3.8) is 0 Å². The first kappa shape index (κ1) is 12.0. The van der Waals surface area contributed by atoms with Gasteiger partial charge in [0.05, 0.1) is 7.11 Å². The number of carbonyl (C=O) groups excluding carboxylic acids is 2. The lowest BCUT2D eigenvalue weighted by atomic mass is 10.3. The number of nitrogens with zero attached hydrogens (tertiary/aromatic N) is 1. The van der Waals surface area contributed by atoms with E-state index in [1.54, 1.807) is 24.3 Å². The maximum Gasteiger partial charge on any atom is 0.349 e. The number of benzene rings is 1. The number of amides is 4. The molecule has 0 aromatic heterocycles. The molecule has 6 heteroatoms. The second kappa shape index (κ2) is 5.72. The van der Waals surface area contributed by atoms with Crippen LogP contribution in [0.1, 0.15) is 0 Å². The number of para-hydroxylation sites is 1. The van der Waals surface area contributed by atoms with Crippen molar-refractivity contribution >= 4 is 17.7 Å². The molecule has 1 aromatic rings. The fourth-order valence-corrected chi connectivity index (χ4v) is 0.977. The molecule has 0 unspecified atom stereocenters. The molecule has 0 saturated heterocycles. The SMILES string of the molecule is CONC(=O)N(C)C(=O)Nc1ccccc1. The molecule has 2 N–H and O–H groups in total. The molecule has 0 radical (unpaired) electrons. The molecule has 0 aliphatic carbocycles. The van der Waals surface area contributed by atoms with Crippen LogP contribution in [-0.4, -0.2) is 31.1 Å². The molecular weight excluding hydrogens is 210 g/mol. The van der Waals surface area contributed by atoms with Crippen molar-refractivity contribution in [2.75, 3.05) is 19.5 Å². The van der Waals surface area contributed by atoms with Crippen LogP contribution >= 0.6 is 0 Å². The van der Waals surface area contributed by atoms with E-state index in [0.29, 0.717) is 5.69 Å². The Hall–Kier alpha value is -2.08. The van der Waals surface area contributed by atoms with E-state index in [0.717, 1.165) is 4.90 Å². The van der Waals surface area contributed by atoms with Gasteiger partial charge in [0.1, 0.15) is 0 Å². The third kappa shape index (κ3) is 3.25. The molecule has 6 nitrogen and oxygen atoms in total. The number of rotatable bonds is 2. The maximum absolute atomic E-state index is 11.5. The third-order valence-electron chi connectivity index (χ3n) is 1.82. The van der Waals surface area contributed by atoms with Crippen molar-refractivity contribution in [2.45, 2.75) is 0 Å². The highest BCUT2D eigenvalue weighted by molar-refractivity contribution is 6.00. The molecule has 1 rings (SSSR count). The van der Waals surface area contributed by atoms with Crippen LogP contribution in [0.3, 0.4) is 0 Å². The fraction of sp³-hybridized carbons (Fsp3) is 0.200. The molecule has 86 valence electrons. The van der Waals surface area contributed by atoms with E-state index in [4.69, 9.17) is 0 Å². The highest BCUT2D eigenvalue weighted by Crippen LogP contribution is 2.05. The Labute approximate surface area is 93.1 Å². The highest BCUT2D eigenvalue weighted by Gasteiger charge is 2.16. The van der Waals surface area contributed by atoms with Crippen molar-refractivity contribution in [3.05, 3.63) is 30.3 Å². The predicted octanol–water partition coefficient (Wildman–Crippen LogP) is 1.42. The second-order valence-electron chi connectivity index (χ2n) is 2.97. The van der Waals surface area contributed by atoms with Crippen LogP contribution < -0.4 is 10.8 Å². The van der Waals surface area contributed by atoms with Crippen LogP contribution in [0.5, 0.6) is 0 Å². The van der Waals surface area contributed by atoms with E-state index in [1.807, 2.05) is 11.5 Å². The summed E-state index contributed by atoms with van der Waals surface area (Å²) in [6, 6.07) is 7.66. The standard InChI is InChI=1S/C10H13N3O3/c1-13(10(15)12-16-2)9(14)11-8-6-4-3-5-7-8/h3-7H,1-2H3,(H,11,14)(H,12,15). The molecule has 0 heterocycles. The van der Waals surface area contributed by atoms with Crippen LogP contribution in [0.15, 0.2) is 30.3 Å². The third-order valence-corrected chi connectivity index (χ3v) is 1.82. The Morgan fingerprint density at radius 3 is 2.38 bits per heavy atom. The fourth-order valence-electron chi connectivity index (χ4n) is 0.977. The number of nitrogens with one attached hydrogen (secondary N) is 2. The number of imide groups is 1. The summed E-state index contributed by atoms with van der Waals surface area (Å²) < 4.78 is 0. The van der Waals surface area contributed by atoms with Crippen LogP contribution in [0, 0.1) is 0 Å². The minimum absolute atomic E-state index is 0.541. The van der Waals surface area contributed by atoms with E-state index < -0.39 is 12.1 Å². The number of urea groups is 2. The Morgan fingerprint density at radius 1 is 1.19 bits per heavy atom. The number of hydrogen-bond donors (Lipinski definition) is 2. The summed E-state index contributed by atoms with van der Waals surface area (Å²) in [5, 5.41) is 2.55. The Balaban J connectivity index is 2.56. The van der Waals surface area contributed by atoms with Crippen molar-refractivity contribution in [1.82, 2.24) is 10.4 Å². The van der Waals surface area contributed by atoms with Gasteiger partial charge in [-0.05, 0) is 12.1 Å². The van der Waals surface area contributed by atoms with E-state index in [9.17, 15) is 9.59 Å². The Kier molecular flexibility index (Phi) is 4.28. The van der Waals surface area contributed by atoms with Gasteiger partial charge < -0.3 is 5.32 Å². The monoisotopic (exact) mass is 223 g/mol. The van der Waals surface area contributed by atoms with Gasteiger partial charge in [-0.15, -0.1) is 0 Å². The minimum atomic E-state index is -0.643. The summed E-state index contributed by atoms with van der Waals surface area (Å²) in [7, 11) is 2.63. The van der Waals surface area contributed by atoms with Gasteiger partial charge in [-0.3, -0.25) is 4.84 Å². The van der Waals surface area contributed by atoms with Gasteiger partial charge in [0, 0.05) is 12.7 Å². The molecule has 0 spiro atoms.